The highest BCUT2D eigenvalue weighted by atomic mass is 16.6. The number of benzene rings is 1. The van der Waals surface area contributed by atoms with Gasteiger partial charge in [-0.25, -0.2) is 9.59 Å². The molecule has 0 atom stereocenters. The van der Waals surface area contributed by atoms with Crippen molar-refractivity contribution in [3.05, 3.63) is 40.1 Å². The van der Waals surface area contributed by atoms with Gasteiger partial charge in [0.15, 0.2) is 11.4 Å². The molecule has 2 fully saturated rings. The summed E-state index contributed by atoms with van der Waals surface area (Å²) in [6.45, 7) is 19.3. The summed E-state index contributed by atoms with van der Waals surface area (Å²) in [5, 5.41) is 11.3. The smallest absolute Gasteiger partial charge is 0.343 e. The molecule has 1 aromatic carbocycles. The molecule has 0 amide bonds. The molecule has 1 aliphatic carbocycles. The molecule has 0 aromatic heterocycles. The van der Waals surface area contributed by atoms with Crippen LogP contribution in [0.25, 0.3) is 5.57 Å². The van der Waals surface area contributed by atoms with Crippen LogP contribution in [-0.2, 0) is 33.3 Å². The average molecular weight is 617 g/mol. The molecule has 1 saturated heterocycles. The molecule has 2 aliphatic heterocycles. The van der Waals surface area contributed by atoms with Crippen molar-refractivity contribution in [1.82, 2.24) is 9.80 Å². The van der Waals surface area contributed by atoms with Gasteiger partial charge < -0.3 is 28.8 Å². The van der Waals surface area contributed by atoms with E-state index in [4.69, 9.17) is 23.7 Å². The number of rotatable bonds is 13. The van der Waals surface area contributed by atoms with Gasteiger partial charge in [0.1, 0.15) is 17.8 Å². The van der Waals surface area contributed by atoms with Crippen LogP contribution in [-0.4, -0.2) is 116 Å². The molecule has 2 heterocycles. The van der Waals surface area contributed by atoms with Crippen LogP contribution in [0.3, 0.4) is 0 Å². The Morgan fingerprint density at radius 3 is 2.09 bits per heavy atom. The number of aliphatic hydroxyl groups is 1. The molecule has 1 aromatic rings. The van der Waals surface area contributed by atoms with Gasteiger partial charge in [0.05, 0.1) is 32.5 Å². The van der Waals surface area contributed by atoms with Crippen LogP contribution in [0.1, 0.15) is 68.7 Å². The third-order valence-corrected chi connectivity index (χ3v) is 8.62. The van der Waals surface area contributed by atoms with Crippen LogP contribution in [0.5, 0.6) is 0 Å². The fourth-order valence-corrected chi connectivity index (χ4v) is 6.48. The normalized spacial score (nSPS) is 23.4. The second kappa shape index (κ2) is 15.2. The van der Waals surface area contributed by atoms with Gasteiger partial charge in [-0.15, -0.1) is 0 Å². The summed E-state index contributed by atoms with van der Waals surface area (Å²) in [5.74, 6) is -0.697. The van der Waals surface area contributed by atoms with Crippen molar-refractivity contribution in [2.45, 2.75) is 84.5 Å². The predicted molar refractivity (Wildman–Crippen MR) is 168 cm³/mol. The summed E-state index contributed by atoms with van der Waals surface area (Å²) < 4.78 is 28.3. The highest BCUT2D eigenvalue weighted by molar-refractivity contribution is 6.20. The highest BCUT2D eigenvalue weighted by Gasteiger charge is 2.51. The van der Waals surface area contributed by atoms with Gasteiger partial charge in [-0.05, 0) is 83.9 Å². The summed E-state index contributed by atoms with van der Waals surface area (Å²) in [7, 11) is 0. The van der Waals surface area contributed by atoms with Crippen LogP contribution in [0.4, 0.5) is 0 Å². The summed E-state index contributed by atoms with van der Waals surface area (Å²) in [4.78, 5) is 29.4. The molecule has 1 N–H and O–H groups in total. The van der Waals surface area contributed by atoms with Gasteiger partial charge in [-0.3, -0.25) is 9.80 Å². The molecule has 3 aliphatic rings. The van der Waals surface area contributed by atoms with E-state index in [9.17, 15) is 14.7 Å². The average Bonchev–Trinajstić information content (AvgIpc) is 3.17. The highest BCUT2D eigenvalue weighted by Crippen LogP contribution is 2.46. The Balaban J connectivity index is 1.08. The molecule has 44 heavy (non-hydrogen) atoms. The first-order valence-electron chi connectivity index (χ1n) is 16.1. The van der Waals surface area contributed by atoms with E-state index in [-0.39, 0.29) is 24.4 Å². The van der Waals surface area contributed by atoms with Gasteiger partial charge in [0, 0.05) is 39.3 Å². The standard InChI is InChI=1S/C34H52N2O8/c1-24-21-25(2)29(26(3)22-24)30-31(38)34(44-32(30)39)9-7-27(8-10-34)42-18-16-36-13-11-35(12-14-36)15-17-40-19-20-41-23-28(37)43-33(4,5)6/h21-22,27,38H,7-20,23H2,1-6H3. The van der Waals surface area contributed by atoms with Crippen LogP contribution >= 0.6 is 0 Å². The lowest BCUT2D eigenvalue weighted by Crippen LogP contribution is -2.48. The van der Waals surface area contributed by atoms with Gasteiger partial charge in [0.2, 0.25) is 0 Å². The zero-order chi connectivity index (χ0) is 31.9. The minimum absolute atomic E-state index is 0.0565. The Morgan fingerprint density at radius 2 is 1.50 bits per heavy atom. The molecule has 10 nitrogen and oxygen atoms in total. The van der Waals surface area contributed by atoms with Crippen molar-refractivity contribution in [2.24, 2.45) is 0 Å². The lowest BCUT2D eigenvalue weighted by Gasteiger charge is -2.37. The lowest BCUT2D eigenvalue weighted by atomic mass is 9.80. The second-order valence-corrected chi connectivity index (χ2v) is 13.4. The Morgan fingerprint density at radius 1 is 0.932 bits per heavy atom. The zero-order valence-electron chi connectivity index (χ0n) is 27.5. The van der Waals surface area contributed by atoms with Crippen LogP contribution < -0.4 is 0 Å². The number of aliphatic hydroxyl groups excluding tert-OH is 1. The number of carbonyl (C=O) groups is 2. The van der Waals surface area contributed by atoms with Crippen molar-refractivity contribution in [3.63, 3.8) is 0 Å². The molecule has 0 unspecified atom stereocenters. The Bertz CT molecular complexity index is 1150. The monoisotopic (exact) mass is 616 g/mol. The van der Waals surface area contributed by atoms with E-state index in [0.29, 0.717) is 44.8 Å². The fraction of sp³-hybridized carbons (Fsp3) is 0.706. The van der Waals surface area contributed by atoms with E-state index < -0.39 is 17.2 Å². The molecular weight excluding hydrogens is 564 g/mol. The summed E-state index contributed by atoms with van der Waals surface area (Å²) in [6.07, 6.45) is 2.73. The third-order valence-electron chi connectivity index (χ3n) is 8.62. The van der Waals surface area contributed by atoms with Gasteiger partial charge in [-0.2, -0.15) is 0 Å². The number of hydrogen-bond donors (Lipinski definition) is 1. The SMILES string of the molecule is Cc1cc(C)c(C2=C(O)C3(CCC(OCCN4CCN(CCOCCOCC(=O)OC(C)(C)C)CC4)CC3)OC2=O)c(C)c1. The number of esters is 2. The zero-order valence-corrected chi connectivity index (χ0v) is 27.5. The molecular formula is C34H52N2O8. The summed E-state index contributed by atoms with van der Waals surface area (Å²) in [5.41, 5.74) is 2.77. The number of piperazine rings is 1. The van der Waals surface area contributed by atoms with Crippen molar-refractivity contribution in [2.75, 3.05) is 72.3 Å². The molecule has 10 heteroatoms. The maximum absolute atomic E-state index is 13.0. The molecule has 1 spiro atoms. The van der Waals surface area contributed by atoms with Crippen LogP contribution in [0, 0.1) is 20.8 Å². The first kappa shape index (κ1) is 34.4. The van der Waals surface area contributed by atoms with E-state index in [1.54, 1.807) is 0 Å². The topological polar surface area (TPSA) is 107 Å². The fourth-order valence-electron chi connectivity index (χ4n) is 6.48. The second-order valence-electron chi connectivity index (χ2n) is 13.4. The largest absolute Gasteiger partial charge is 0.507 e. The van der Waals surface area contributed by atoms with Crippen molar-refractivity contribution in [3.8, 4) is 0 Å². The van der Waals surface area contributed by atoms with Crippen LogP contribution in [0.2, 0.25) is 0 Å². The summed E-state index contributed by atoms with van der Waals surface area (Å²) >= 11 is 0. The first-order chi connectivity index (χ1) is 20.9. The molecule has 0 radical (unpaired) electrons. The lowest BCUT2D eigenvalue weighted by molar-refractivity contribution is -0.160. The maximum atomic E-state index is 13.0. The van der Waals surface area contributed by atoms with Gasteiger partial charge >= 0.3 is 11.9 Å². The van der Waals surface area contributed by atoms with E-state index in [2.05, 4.69) is 9.80 Å². The van der Waals surface area contributed by atoms with Crippen molar-refractivity contribution in [1.29, 1.82) is 0 Å². The molecule has 4 rings (SSSR count). The van der Waals surface area contributed by atoms with E-state index in [1.807, 2.05) is 53.7 Å². The third kappa shape index (κ3) is 9.26. The van der Waals surface area contributed by atoms with E-state index >= 15 is 0 Å². The molecule has 1 saturated carbocycles. The van der Waals surface area contributed by atoms with Gasteiger partial charge in [0.25, 0.3) is 0 Å². The predicted octanol–water partition coefficient (Wildman–Crippen LogP) is 4.13. The van der Waals surface area contributed by atoms with Crippen molar-refractivity contribution >= 4 is 17.5 Å². The number of aryl methyl sites for hydroxylation is 3. The van der Waals surface area contributed by atoms with E-state index in [1.165, 1.54) is 0 Å². The first-order valence-corrected chi connectivity index (χ1v) is 16.1. The number of hydrogen-bond acceptors (Lipinski definition) is 10. The van der Waals surface area contributed by atoms with Crippen molar-refractivity contribution < 1.29 is 38.4 Å². The Kier molecular flexibility index (Phi) is 11.9. The quantitative estimate of drug-likeness (QED) is 0.257. The number of nitrogens with zero attached hydrogens (tertiary/aromatic N) is 2. The minimum Gasteiger partial charge on any atom is -0.507 e. The Labute approximate surface area is 262 Å². The minimum atomic E-state index is -0.927. The van der Waals surface area contributed by atoms with E-state index in [0.717, 1.165) is 74.4 Å². The number of ether oxygens (including phenoxy) is 5. The molecule has 0 bridgehead atoms. The summed E-state index contributed by atoms with van der Waals surface area (Å²) in [6, 6.07) is 4.08. The maximum Gasteiger partial charge on any atom is 0.343 e. The van der Waals surface area contributed by atoms with Gasteiger partial charge in [-0.1, -0.05) is 17.7 Å². The molecule has 246 valence electrons. The number of carbonyl (C=O) groups excluding carboxylic acids is 2. The Hall–Kier alpha value is -2.50. The van der Waals surface area contributed by atoms with Crippen LogP contribution in [0.15, 0.2) is 17.9 Å².